The van der Waals surface area contributed by atoms with Crippen LogP contribution in [0.25, 0.3) is 5.65 Å². The van der Waals surface area contributed by atoms with Gasteiger partial charge in [0.15, 0.2) is 0 Å². The van der Waals surface area contributed by atoms with Gasteiger partial charge in [0.25, 0.3) is 0 Å². The molecule has 1 saturated carbocycles. The highest BCUT2D eigenvalue weighted by atomic mass is 16.4. The average molecular weight is 258 g/mol. The second-order valence-corrected chi connectivity index (χ2v) is 5.81. The first kappa shape index (κ1) is 12.2. The van der Waals surface area contributed by atoms with Crippen LogP contribution in [0, 0.1) is 11.3 Å². The molecule has 0 amide bonds. The smallest absolute Gasteiger partial charge is 0.310 e. The zero-order valence-electron chi connectivity index (χ0n) is 11.0. The lowest BCUT2D eigenvalue weighted by Crippen LogP contribution is -2.30. The molecule has 1 N–H and O–H groups in total. The van der Waals surface area contributed by atoms with Crippen molar-refractivity contribution in [2.24, 2.45) is 11.3 Å². The van der Waals surface area contributed by atoms with Gasteiger partial charge in [-0.15, -0.1) is 0 Å². The SMILES string of the molecule is CC1CCC(Cc2cn3ccccc3n2)(C(=O)O)C1. The molecule has 2 aromatic rings. The van der Waals surface area contributed by atoms with Crippen LogP contribution in [-0.2, 0) is 11.2 Å². The lowest BCUT2D eigenvalue weighted by atomic mass is 9.81. The van der Waals surface area contributed by atoms with Crippen LogP contribution in [0.4, 0.5) is 0 Å². The standard InChI is InChI=1S/C15H18N2O2/c1-11-5-6-15(8-11,14(18)19)9-12-10-17-7-3-2-4-13(17)16-12/h2-4,7,10-11H,5-6,8-9H2,1H3,(H,18,19). The normalized spacial score (nSPS) is 26.9. The van der Waals surface area contributed by atoms with Gasteiger partial charge >= 0.3 is 5.97 Å². The molecule has 0 radical (unpaired) electrons. The molecule has 0 bridgehead atoms. The quantitative estimate of drug-likeness (QED) is 0.921. The van der Waals surface area contributed by atoms with Gasteiger partial charge in [0, 0.05) is 18.8 Å². The third-order valence-electron chi connectivity index (χ3n) is 4.24. The molecular weight excluding hydrogens is 240 g/mol. The third-order valence-corrected chi connectivity index (χ3v) is 4.24. The lowest BCUT2D eigenvalue weighted by Gasteiger charge is -2.22. The Labute approximate surface area is 112 Å². The van der Waals surface area contributed by atoms with Gasteiger partial charge < -0.3 is 9.51 Å². The molecule has 0 saturated heterocycles. The van der Waals surface area contributed by atoms with Crippen molar-refractivity contribution in [2.45, 2.75) is 32.6 Å². The number of hydrogen-bond donors (Lipinski definition) is 1. The van der Waals surface area contributed by atoms with Crippen molar-refractivity contribution in [3.05, 3.63) is 36.3 Å². The van der Waals surface area contributed by atoms with Crippen LogP contribution < -0.4 is 0 Å². The zero-order chi connectivity index (χ0) is 13.5. The van der Waals surface area contributed by atoms with Gasteiger partial charge in [-0.05, 0) is 37.3 Å². The minimum atomic E-state index is -0.672. The van der Waals surface area contributed by atoms with E-state index in [1.165, 1.54) is 0 Å². The number of hydrogen-bond acceptors (Lipinski definition) is 2. The maximum atomic E-state index is 11.7. The number of nitrogens with zero attached hydrogens (tertiary/aromatic N) is 2. The number of pyridine rings is 1. The van der Waals surface area contributed by atoms with Gasteiger partial charge in [-0.1, -0.05) is 13.0 Å². The summed E-state index contributed by atoms with van der Waals surface area (Å²) < 4.78 is 1.95. The van der Waals surface area contributed by atoms with E-state index in [4.69, 9.17) is 0 Å². The molecule has 2 aromatic heterocycles. The number of fused-ring (bicyclic) bond motifs is 1. The van der Waals surface area contributed by atoms with Crippen LogP contribution in [0.3, 0.4) is 0 Å². The Morgan fingerprint density at radius 3 is 3.05 bits per heavy atom. The van der Waals surface area contributed by atoms with E-state index in [2.05, 4.69) is 11.9 Å². The molecule has 3 rings (SSSR count). The summed E-state index contributed by atoms with van der Waals surface area (Å²) in [5, 5.41) is 9.58. The minimum absolute atomic E-state index is 0.494. The third kappa shape index (κ3) is 2.11. The van der Waals surface area contributed by atoms with Crippen molar-refractivity contribution in [1.29, 1.82) is 0 Å². The fourth-order valence-corrected chi connectivity index (χ4v) is 3.24. The molecule has 1 aliphatic rings. The first-order chi connectivity index (χ1) is 9.09. The Bertz CT molecular complexity index is 586. The molecule has 2 atom stereocenters. The highest BCUT2D eigenvalue weighted by molar-refractivity contribution is 5.75. The minimum Gasteiger partial charge on any atom is -0.481 e. The molecule has 0 spiro atoms. The van der Waals surface area contributed by atoms with Crippen molar-refractivity contribution in [1.82, 2.24) is 9.38 Å². The van der Waals surface area contributed by atoms with E-state index in [1.807, 2.05) is 35.0 Å². The molecule has 19 heavy (non-hydrogen) atoms. The number of carboxylic acid groups (broad SMARTS) is 1. The Morgan fingerprint density at radius 1 is 1.58 bits per heavy atom. The van der Waals surface area contributed by atoms with Crippen LogP contribution in [-0.4, -0.2) is 20.5 Å². The van der Waals surface area contributed by atoms with Crippen LogP contribution in [0.2, 0.25) is 0 Å². The molecule has 2 unspecified atom stereocenters. The molecule has 1 fully saturated rings. The van der Waals surface area contributed by atoms with Crippen LogP contribution in [0.1, 0.15) is 31.9 Å². The van der Waals surface area contributed by atoms with Crippen molar-refractivity contribution in [2.75, 3.05) is 0 Å². The summed E-state index contributed by atoms with van der Waals surface area (Å²) in [6, 6.07) is 5.83. The van der Waals surface area contributed by atoms with E-state index in [9.17, 15) is 9.90 Å². The van der Waals surface area contributed by atoms with E-state index in [1.54, 1.807) is 0 Å². The van der Waals surface area contributed by atoms with Crippen molar-refractivity contribution >= 4 is 11.6 Å². The van der Waals surface area contributed by atoms with Gasteiger partial charge in [-0.3, -0.25) is 4.79 Å². The summed E-state index contributed by atoms with van der Waals surface area (Å²) in [5.74, 6) is -0.179. The number of aliphatic carboxylic acids is 1. The number of imidazole rings is 1. The maximum Gasteiger partial charge on any atom is 0.310 e. The molecule has 4 heteroatoms. The van der Waals surface area contributed by atoms with Crippen molar-refractivity contribution in [3.63, 3.8) is 0 Å². The summed E-state index contributed by atoms with van der Waals surface area (Å²) in [6.07, 6.45) is 6.95. The Balaban J connectivity index is 1.92. The Kier molecular flexibility index (Phi) is 2.81. The number of carboxylic acids is 1. The van der Waals surface area contributed by atoms with Gasteiger partial charge in [-0.2, -0.15) is 0 Å². The van der Waals surface area contributed by atoms with Gasteiger partial charge in [0.2, 0.25) is 0 Å². The largest absolute Gasteiger partial charge is 0.481 e. The molecule has 2 heterocycles. The first-order valence-corrected chi connectivity index (χ1v) is 6.75. The average Bonchev–Trinajstić information content (AvgIpc) is 2.93. The summed E-state index contributed by atoms with van der Waals surface area (Å²) in [6.45, 7) is 2.13. The van der Waals surface area contributed by atoms with E-state index >= 15 is 0 Å². The second-order valence-electron chi connectivity index (χ2n) is 5.81. The van der Waals surface area contributed by atoms with Gasteiger partial charge in [-0.25, -0.2) is 4.98 Å². The van der Waals surface area contributed by atoms with Crippen molar-refractivity contribution < 1.29 is 9.90 Å². The summed E-state index contributed by atoms with van der Waals surface area (Å²) in [4.78, 5) is 16.2. The molecule has 1 aliphatic carbocycles. The molecule has 4 nitrogen and oxygen atoms in total. The monoisotopic (exact) mass is 258 g/mol. The number of carbonyl (C=O) groups is 1. The summed E-state index contributed by atoms with van der Waals surface area (Å²) in [7, 11) is 0. The zero-order valence-corrected chi connectivity index (χ0v) is 11.0. The fourth-order valence-electron chi connectivity index (χ4n) is 3.24. The predicted octanol–water partition coefficient (Wildman–Crippen LogP) is 2.77. The fraction of sp³-hybridized carbons (Fsp3) is 0.467. The van der Waals surface area contributed by atoms with Crippen LogP contribution in [0.15, 0.2) is 30.6 Å². The van der Waals surface area contributed by atoms with E-state index in [0.717, 1.165) is 30.6 Å². The Morgan fingerprint density at radius 2 is 2.42 bits per heavy atom. The van der Waals surface area contributed by atoms with Crippen molar-refractivity contribution in [3.8, 4) is 0 Å². The van der Waals surface area contributed by atoms with Gasteiger partial charge in [0.1, 0.15) is 5.65 Å². The molecular formula is C15H18N2O2. The van der Waals surface area contributed by atoms with E-state index < -0.39 is 11.4 Å². The van der Waals surface area contributed by atoms with E-state index in [-0.39, 0.29) is 0 Å². The maximum absolute atomic E-state index is 11.7. The highest BCUT2D eigenvalue weighted by Crippen LogP contribution is 2.44. The topological polar surface area (TPSA) is 54.6 Å². The number of aromatic nitrogens is 2. The van der Waals surface area contributed by atoms with Crippen LogP contribution in [0.5, 0.6) is 0 Å². The second kappa shape index (κ2) is 4.37. The Hall–Kier alpha value is -1.84. The molecule has 100 valence electrons. The predicted molar refractivity (Wildman–Crippen MR) is 72.0 cm³/mol. The highest BCUT2D eigenvalue weighted by Gasteiger charge is 2.44. The first-order valence-electron chi connectivity index (χ1n) is 6.75. The molecule has 0 aromatic carbocycles. The summed E-state index contributed by atoms with van der Waals surface area (Å²) in [5.41, 5.74) is 1.14. The number of rotatable bonds is 3. The van der Waals surface area contributed by atoms with Crippen LogP contribution >= 0.6 is 0 Å². The van der Waals surface area contributed by atoms with Gasteiger partial charge in [0.05, 0.1) is 11.1 Å². The summed E-state index contributed by atoms with van der Waals surface area (Å²) >= 11 is 0. The molecule has 0 aliphatic heterocycles. The lowest BCUT2D eigenvalue weighted by molar-refractivity contribution is -0.148. The van der Waals surface area contributed by atoms with E-state index in [0.29, 0.717) is 12.3 Å².